The zero-order valence-electron chi connectivity index (χ0n) is 17.3. The number of fused-ring (bicyclic) bond motifs is 1. The molecule has 2 aromatic heterocycles. The van der Waals surface area contributed by atoms with Gasteiger partial charge >= 0.3 is 6.01 Å². The highest BCUT2D eigenvalue weighted by Crippen LogP contribution is 2.55. The number of carbonyl (C=O) groups excluding carboxylic acids is 1. The van der Waals surface area contributed by atoms with Crippen molar-refractivity contribution in [1.29, 1.82) is 0 Å². The normalized spacial score (nSPS) is 29.3. The number of benzene rings is 1. The molecule has 154 valence electrons. The highest BCUT2D eigenvalue weighted by atomic mass is 16.5. The van der Waals surface area contributed by atoms with Crippen molar-refractivity contribution in [3.05, 3.63) is 59.9 Å². The van der Waals surface area contributed by atoms with Crippen LogP contribution in [0.4, 0.5) is 0 Å². The predicted molar refractivity (Wildman–Crippen MR) is 115 cm³/mol. The number of imidazole rings is 1. The van der Waals surface area contributed by atoms with Crippen LogP contribution >= 0.6 is 0 Å². The number of nitrogens with one attached hydrogen (secondary N) is 1. The molecule has 5 nitrogen and oxygen atoms in total. The van der Waals surface area contributed by atoms with Crippen molar-refractivity contribution in [3.8, 4) is 11.8 Å². The Morgan fingerprint density at radius 1 is 1.03 bits per heavy atom. The molecule has 4 aliphatic rings. The van der Waals surface area contributed by atoms with Crippen LogP contribution in [0.2, 0.25) is 0 Å². The zero-order chi connectivity index (χ0) is 20.3. The van der Waals surface area contributed by atoms with E-state index in [1.807, 2.05) is 60.0 Å². The smallest absolute Gasteiger partial charge is 0.307 e. The molecule has 1 aromatic carbocycles. The molecule has 0 atom stereocenters. The zero-order valence-corrected chi connectivity index (χ0v) is 17.3. The van der Waals surface area contributed by atoms with Gasteiger partial charge in [0, 0.05) is 11.7 Å². The fraction of sp³-hybridized carbons (Fsp3) is 0.440. The standard InChI is InChI=1S/C25H27N3O2/c1-16-6-2-3-8-21(16)30-24-26-22(20-7-4-5-9-28(20)24)23(29)27-25-13-17-10-18(14-25)12-19(11-17)15-25/h2-9,17-19H,10-15H2,1H3,(H,27,29). The SMILES string of the molecule is Cc1ccccc1Oc1nc(C(=O)NC23CC4CC(CC(C4)C2)C3)c2ccccn12. The number of aromatic nitrogens is 2. The fourth-order valence-electron chi connectivity index (χ4n) is 6.58. The van der Waals surface area contributed by atoms with Crippen molar-refractivity contribution in [2.75, 3.05) is 0 Å². The highest BCUT2D eigenvalue weighted by Gasteiger charge is 2.51. The van der Waals surface area contributed by atoms with Crippen LogP contribution < -0.4 is 10.1 Å². The molecule has 2 heterocycles. The molecule has 30 heavy (non-hydrogen) atoms. The summed E-state index contributed by atoms with van der Waals surface area (Å²) in [5.41, 5.74) is 2.23. The van der Waals surface area contributed by atoms with Crippen LogP contribution in [-0.2, 0) is 0 Å². The second-order valence-electron chi connectivity index (χ2n) is 9.72. The third-order valence-electron chi connectivity index (χ3n) is 7.44. The van der Waals surface area contributed by atoms with Crippen LogP contribution in [0.25, 0.3) is 5.52 Å². The topological polar surface area (TPSA) is 55.6 Å². The van der Waals surface area contributed by atoms with Gasteiger partial charge in [-0.25, -0.2) is 0 Å². The molecule has 0 aliphatic heterocycles. The number of hydrogen-bond acceptors (Lipinski definition) is 3. The Morgan fingerprint density at radius 2 is 1.70 bits per heavy atom. The lowest BCUT2D eigenvalue weighted by atomic mass is 9.53. The Labute approximate surface area is 176 Å². The van der Waals surface area contributed by atoms with Gasteiger partial charge in [-0.1, -0.05) is 24.3 Å². The van der Waals surface area contributed by atoms with Gasteiger partial charge in [0.15, 0.2) is 5.69 Å². The van der Waals surface area contributed by atoms with Gasteiger partial charge in [-0.3, -0.25) is 9.20 Å². The Balaban J connectivity index is 1.33. The van der Waals surface area contributed by atoms with Gasteiger partial charge in [-0.15, -0.1) is 0 Å². The van der Waals surface area contributed by atoms with Crippen molar-refractivity contribution >= 4 is 11.4 Å². The molecule has 0 radical (unpaired) electrons. The van der Waals surface area contributed by atoms with Crippen LogP contribution in [0.3, 0.4) is 0 Å². The van der Waals surface area contributed by atoms with Crippen LogP contribution in [0.15, 0.2) is 48.7 Å². The van der Waals surface area contributed by atoms with E-state index in [0.29, 0.717) is 11.7 Å². The van der Waals surface area contributed by atoms with Crippen LogP contribution in [0.1, 0.15) is 54.6 Å². The first-order valence-corrected chi connectivity index (χ1v) is 11.1. The number of para-hydroxylation sites is 1. The van der Waals surface area contributed by atoms with Crippen LogP contribution in [-0.4, -0.2) is 20.8 Å². The van der Waals surface area contributed by atoms with E-state index in [1.54, 1.807) is 0 Å². The number of hydrogen-bond donors (Lipinski definition) is 1. The highest BCUT2D eigenvalue weighted by molar-refractivity contribution is 5.99. The van der Waals surface area contributed by atoms with Gasteiger partial charge in [-0.05, 0) is 87.0 Å². The van der Waals surface area contributed by atoms with Crippen molar-refractivity contribution in [2.24, 2.45) is 17.8 Å². The van der Waals surface area contributed by atoms with Crippen LogP contribution in [0.5, 0.6) is 11.8 Å². The number of rotatable bonds is 4. The summed E-state index contributed by atoms with van der Waals surface area (Å²) in [5.74, 6) is 3.04. The van der Waals surface area contributed by atoms with Gasteiger partial charge in [0.05, 0.1) is 5.52 Å². The van der Waals surface area contributed by atoms with Crippen molar-refractivity contribution in [2.45, 2.75) is 51.0 Å². The lowest BCUT2D eigenvalue weighted by Crippen LogP contribution is -2.59. The maximum atomic E-state index is 13.4. The summed E-state index contributed by atoms with van der Waals surface area (Å²) in [4.78, 5) is 18.1. The number of pyridine rings is 1. The molecule has 4 aliphatic carbocycles. The number of ether oxygens (including phenoxy) is 1. The molecule has 5 heteroatoms. The predicted octanol–water partition coefficient (Wildman–Crippen LogP) is 5.13. The summed E-state index contributed by atoms with van der Waals surface area (Å²) in [7, 11) is 0. The summed E-state index contributed by atoms with van der Waals surface area (Å²) in [6.07, 6.45) is 9.36. The van der Waals surface area contributed by atoms with Gasteiger partial charge in [0.1, 0.15) is 5.75 Å². The average Bonchev–Trinajstić information content (AvgIpc) is 3.07. The Bertz CT molecular complexity index is 1100. The van der Waals surface area contributed by atoms with E-state index in [0.717, 1.165) is 53.8 Å². The minimum atomic E-state index is -0.0692. The molecule has 3 aromatic rings. The molecular weight excluding hydrogens is 374 g/mol. The molecule has 0 saturated heterocycles. The Kier molecular flexibility index (Phi) is 3.95. The molecule has 0 spiro atoms. The Hall–Kier alpha value is -2.82. The first-order chi connectivity index (χ1) is 14.6. The van der Waals surface area contributed by atoms with E-state index in [4.69, 9.17) is 4.74 Å². The fourth-order valence-corrected chi connectivity index (χ4v) is 6.58. The molecular formula is C25H27N3O2. The van der Waals surface area contributed by atoms with Crippen molar-refractivity contribution in [1.82, 2.24) is 14.7 Å². The Morgan fingerprint density at radius 3 is 2.40 bits per heavy atom. The van der Waals surface area contributed by atoms with Crippen molar-refractivity contribution < 1.29 is 9.53 Å². The van der Waals surface area contributed by atoms with Gasteiger partial charge in [0.2, 0.25) is 0 Å². The van der Waals surface area contributed by atoms with E-state index in [2.05, 4.69) is 10.3 Å². The quantitative estimate of drug-likeness (QED) is 0.659. The summed E-state index contributed by atoms with van der Waals surface area (Å²) in [5, 5.41) is 3.45. The van der Waals surface area contributed by atoms with E-state index in [9.17, 15) is 4.79 Å². The second kappa shape index (κ2) is 6.59. The monoisotopic (exact) mass is 401 g/mol. The number of amides is 1. The first-order valence-electron chi connectivity index (χ1n) is 11.1. The van der Waals surface area contributed by atoms with Gasteiger partial charge in [-0.2, -0.15) is 4.98 Å². The molecule has 4 saturated carbocycles. The molecule has 0 unspecified atom stereocenters. The second-order valence-corrected chi connectivity index (χ2v) is 9.72. The summed E-state index contributed by atoms with van der Waals surface area (Å²) in [6, 6.07) is 14.1. The maximum absolute atomic E-state index is 13.4. The van der Waals surface area contributed by atoms with Gasteiger partial charge in [0.25, 0.3) is 5.91 Å². The number of aryl methyl sites for hydroxylation is 1. The van der Waals surface area contributed by atoms with Crippen LogP contribution in [0, 0.1) is 24.7 Å². The van der Waals surface area contributed by atoms with Gasteiger partial charge < -0.3 is 10.1 Å². The molecule has 1 N–H and O–H groups in total. The average molecular weight is 402 g/mol. The summed E-state index contributed by atoms with van der Waals surface area (Å²) in [6.45, 7) is 2.01. The maximum Gasteiger partial charge on any atom is 0.307 e. The number of nitrogens with zero attached hydrogens (tertiary/aromatic N) is 2. The lowest BCUT2D eigenvalue weighted by molar-refractivity contribution is -0.0167. The third kappa shape index (κ3) is 2.91. The van der Waals surface area contributed by atoms with E-state index in [1.165, 1.54) is 19.3 Å². The molecule has 7 rings (SSSR count). The molecule has 4 fully saturated rings. The summed E-state index contributed by atoms with van der Waals surface area (Å²) < 4.78 is 7.98. The van der Waals surface area contributed by atoms with E-state index >= 15 is 0 Å². The molecule has 4 bridgehead atoms. The van der Waals surface area contributed by atoms with E-state index < -0.39 is 0 Å². The van der Waals surface area contributed by atoms with Crippen molar-refractivity contribution in [3.63, 3.8) is 0 Å². The molecule has 1 amide bonds. The summed E-state index contributed by atoms with van der Waals surface area (Å²) >= 11 is 0. The number of carbonyl (C=O) groups is 1. The first kappa shape index (κ1) is 18.0. The van der Waals surface area contributed by atoms with E-state index in [-0.39, 0.29) is 11.4 Å². The lowest BCUT2D eigenvalue weighted by Gasteiger charge is -2.56. The third-order valence-corrected chi connectivity index (χ3v) is 7.44. The largest absolute Gasteiger partial charge is 0.425 e. The minimum Gasteiger partial charge on any atom is -0.425 e. The minimum absolute atomic E-state index is 0.0341.